The van der Waals surface area contributed by atoms with Gasteiger partial charge in [-0.05, 0) is 32.0 Å². The molecule has 1 aromatic heterocycles. The SMILES string of the molecule is COc1ccc(C)cc1-c1c[nH]c(=O)c(C)c1. The lowest BCUT2D eigenvalue weighted by atomic mass is 10.0. The van der Waals surface area contributed by atoms with Crippen molar-refractivity contribution in [2.75, 3.05) is 7.11 Å². The summed E-state index contributed by atoms with van der Waals surface area (Å²) in [4.78, 5) is 14.1. The third-order valence-corrected chi connectivity index (χ3v) is 2.75. The molecule has 0 aliphatic rings. The first-order chi connectivity index (χ1) is 8.11. The van der Waals surface area contributed by atoms with Crippen molar-refractivity contribution < 1.29 is 4.74 Å². The van der Waals surface area contributed by atoms with Gasteiger partial charge in [0.05, 0.1) is 7.11 Å². The number of aromatic nitrogens is 1. The Hall–Kier alpha value is -2.03. The molecule has 17 heavy (non-hydrogen) atoms. The first kappa shape index (κ1) is 11.5. The Morgan fingerprint density at radius 1 is 1.18 bits per heavy atom. The fourth-order valence-corrected chi connectivity index (χ4v) is 1.80. The zero-order valence-corrected chi connectivity index (χ0v) is 10.2. The number of hydrogen-bond donors (Lipinski definition) is 1. The van der Waals surface area contributed by atoms with Crippen LogP contribution in [-0.2, 0) is 0 Å². The molecule has 2 rings (SSSR count). The van der Waals surface area contributed by atoms with E-state index in [9.17, 15) is 4.79 Å². The van der Waals surface area contributed by atoms with Gasteiger partial charge in [0, 0.05) is 22.9 Å². The molecule has 0 amide bonds. The number of nitrogens with one attached hydrogen (secondary N) is 1. The van der Waals surface area contributed by atoms with E-state index in [1.165, 1.54) is 0 Å². The Labute approximate surface area is 100 Å². The van der Waals surface area contributed by atoms with E-state index in [1.807, 2.05) is 31.2 Å². The Morgan fingerprint density at radius 2 is 1.94 bits per heavy atom. The van der Waals surface area contributed by atoms with E-state index >= 15 is 0 Å². The highest BCUT2D eigenvalue weighted by molar-refractivity contribution is 5.70. The van der Waals surface area contributed by atoms with Gasteiger partial charge >= 0.3 is 0 Å². The van der Waals surface area contributed by atoms with Crippen LogP contribution in [0.5, 0.6) is 5.75 Å². The van der Waals surface area contributed by atoms with Crippen molar-refractivity contribution >= 4 is 0 Å². The lowest BCUT2D eigenvalue weighted by Gasteiger charge is -2.09. The number of ether oxygens (including phenoxy) is 1. The van der Waals surface area contributed by atoms with E-state index in [2.05, 4.69) is 4.98 Å². The number of aryl methyl sites for hydroxylation is 2. The molecule has 0 spiro atoms. The van der Waals surface area contributed by atoms with Crippen LogP contribution in [0.25, 0.3) is 11.1 Å². The number of aromatic amines is 1. The molecule has 0 fully saturated rings. The molecule has 3 heteroatoms. The van der Waals surface area contributed by atoms with Gasteiger partial charge in [0.25, 0.3) is 5.56 Å². The van der Waals surface area contributed by atoms with E-state index in [0.717, 1.165) is 22.4 Å². The highest BCUT2D eigenvalue weighted by atomic mass is 16.5. The molecule has 1 N–H and O–H groups in total. The normalized spacial score (nSPS) is 10.3. The van der Waals surface area contributed by atoms with E-state index in [4.69, 9.17) is 4.74 Å². The highest BCUT2D eigenvalue weighted by Gasteiger charge is 2.07. The molecule has 3 nitrogen and oxygen atoms in total. The van der Waals surface area contributed by atoms with Crippen molar-refractivity contribution in [1.29, 1.82) is 0 Å². The van der Waals surface area contributed by atoms with Crippen molar-refractivity contribution in [2.45, 2.75) is 13.8 Å². The molecule has 88 valence electrons. The molecule has 0 atom stereocenters. The van der Waals surface area contributed by atoms with E-state index in [0.29, 0.717) is 5.56 Å². The van der Waals surface area contributed by atoms with E-state index < -0.39 is 0 Å². The predicted molar refractivity (Wildman–Crippen MR) is 68.5 cm³/mol. The summed E-state index contributed by atoms with van der Waals surface area (Å²) in [5, 5.41) is 0. The van der Waals surface area contributed by atoms with Crippen LogP contribution in [0.4, 0.5) is 0 Å². The molecule has 1 heterocycles. The Morgan fingerprint density at radius 3 is 2.59 bits per heavy atom. The minimum atomic E-state index is -0.0552. The quantitative estimate of drug-likeness (QED) is 0.860. The van der Waals surface area contributed by atoms with Gasteiger partial charge in [-0.3, -0.25) is 4.79 Å². The number of benzene rings is 1. The van der Waals surface area contributed by atoms with Gasteiger partial charge in [0.1, 0.15) is 5.75 Å². The number of H-pyrrole nitrogens is 1. The maximum Gasteiger partial charge on any atom is 0.250 e. The van der Waals surface area contributed by atoms with Crippen molar-refractivity contribution in [2.24, 2.45) is 0 Å². The largest absolute Gasteiger partial charge is 0.496 e. The van der Waals surface area contributed by atoms with Crippen molar-refractivity contribution in [3.05, 3.63) is 51.9 Å². The number of hydrogen-bond acceptors (Lipinski definition) is 2. The van der Waals surface area contributed by atoms with Crippen LogP contribution in [0.3, 0.4) is 0 Å². The average molecular weight is 229 g/mol. The Balaban J connectivity index is 2.62. The molecule has 0 unspecified atom stereocenters. The van der Waals surface area contributed by atoms with E-state index in [-0.39, 0.29) is 5.56 Å². The Kier molecular flexibility index (Phi) is 3.00. The highest BCUT2D eigenvalue weighted by Crippen LogP contribution is 2.30. The maximum atomic E-state index is 11.3. The first-order valence-corrected chi connectivity index (χ1v) is 5.46. The third-order valence-electron chi connectivity index (χ3n) is 2.75. The van der Waals surface area contributed by atoms with Crippen molar-refractivity contribution in [1.82, 2.24) is 4.98 Å². The summed E-state index contributed by atoms with van der Waals surface area (Å²) in [7, 11) is 1.65. The van der Waals surface area contributed by atoms with Crippen LogP contribution in [0.1, 0.15) is 11.1 Å². The number of methoxy groups -OCH3 is 1. The monoisotopic (exact) mass is 229 g/mol. The molecule has 0 bridgehead atoms. The topological polar surface area (TPSA) is 42.1 Å². The zero-order chi connectivity index (χ0) is 12.4. The summed E-state index contributed by atoms with van der Waals surface area (Å²) in [6.07, 6.45) is 1.71. The molecule has 2 aromatic rings. The second kappa shape index (κ2) is 4.45. The van der Waals surface area contributed by atoms with E-state index in [1.54, 1.807) is 20.2 Å². The predicted octanol–water partition coefficient (Wildman–Crippen LogP) is 2.67. The minimum absolute atomic E-state index is 0.0552. The molecule has 0 radical (unpaired) electrons. The molecule has 0 aliphatic heterocycles. The summed E-state index contributed by atoms with van der Waals surface area (Å²) in [5.74, 6) is 0.807. The molecule has 1 aromatic carbocycles. The fraction of sp³-hybridized carbons (Fsp3) is 0.214. The first-order valence-electron chi connectivity index (χ1n) is 5.46. The van der Waals surface area contributed by atoms with Crippen LogP contribution in [0.2, 0.25) is 0 Å². The van der Waals surface area contributed by atoms with Gasteiger partial charge in [0.15, 0.2) is 0 Å². The van der Waals surface area contributed by atoms with Gasteiger partial charge in [-0.2, -0.15) is 0 Å². The average Bonchev–Trinajstić information content (AvgIpc) is 2.32. The van der Waals surface area contributed by atoms with Crippen LogP contribution < -0.4 is 10.3 Å². The third kappa shape index (κ3) is 2.23. The summed E-state index contributed by atoms with van der Waals surface area (Å²) in [6.45, 7) is 3.83. The molecule has 0 saturated carbocycles. The molecular formula is C14H15NO2. The van der Waals surface area contributed by atoms with Crippen molar-refractivity contribution in [3.8, 4) is 16.9 Å². The zero-order valence-electron chi connectivity index (χ0n) is 10.2. The smallest absolute Gasteiger partial charge is 0.250 e. The van der Waals surface area contributed by atoms with Crippen LogP contribution in [0, 0.1) is 13.8 Å². The second-order valence-electron chi connectivity index (χ2n) is 4.10. The molecule has 0 saturated heterocycles. The van der Waals surface area contributed by atoms with Crippen LogP contribution >= 0.6 is 0 Å². The standard InChI is InChI=1S/C14H15NO2/c1-9-4-5-13(17-3)12(6-9)11-7-10(2)14(16)15-8-11/h4-8H,1-3H3,(H,15,16). The molecular weight excluding hydrogens is 214 g/mol. The number of pyridine rings is 1. The minimum Gasteiger partial charge on any atom is -0.496 e. The maximum absolute atomic E-state index is 11.3. The van der Waals surface area contributed by atoms with Gasteiger partial charge in [-0.25, -0.2) is 0 Å². The Bertz CT molecular complexity index is 599. The van der Waals surface area contributed by atoms with Crippen molar-refractivity contribution in [3.63, 3.8) is 0 Å². The van der Waals surface area contributed by atoms with Crippen LogP contribution in [0.15, 0.2) is 35.3 Å². The molecule has 0 aliphatic carbocycles. The van der Waals surface area contributed by atoms with Gasteiger partial charge in [-0.1, -0.05) is 11.6 Å². The van der Waals surface area contributed by atoms with Gasteiger partial charge in [-0.15, -0.1) is 0 Å². The fourth-order valence-electron chi connectivity index (χ4n) is 1.80. The van der Waals surface area contributed by atoms with Gasteiger partial charge < -0.3 is 9.72 Å². The van der Waals surface area contributed by atoms with Crippen LogP contribution in [-0.4, -0.2) is 12.1 Å². The summed E-state index contributed by atoms with van der Waals surface area (Å²) < 4.78 is 5.33. The lowest BCUT2D eigenvalue weighted by Crippen LogP contribution is -2.08. The summed E-state index contributed by atoms with van der Waals surface area (Å²) in [5.41, 5.74) is 3.76. The second-order valence-corrected chi connectivity index (χ2v) is 4.10. The summed E-state index contributed by atoms with van der Waals surface area (Å²) in [6, 6.07) is 7.86. The number of rotatable bonds is 2. The summed E-state index contributed by atoms with van der Waals surface area (Å²) >= 11 is 0. The lowest BCUT2D eigenvalue weighted by molar-refractivity contribution is 0.416. The van der Waals surface area contributed by atoms with Gasteiger partial charge in [0.2, 0.25) is 0 Å².